The van der Waals surface area contributed by atoms with E-state index in [1.54, 1.807) is 0 Å². The summed E-state index contributed by atoms with van der Waals surface area (Å²) in [5.74, 6) is -0.341. The third-order valence-corrected chi connectivity index (χ3v) is 3.74. The van der Waals surface area contributed by atoms with E-state index >= 15 is 0 Å². The van der Waals surface area contributed by atoms with Gasteiger partial charge in [0, 0.05) is 13.1 Å². The van der Waals surface area contributed by atoms with Crippen LogP contribution in [0.1, 0.15) is 30.9 Å². The van der Waals surface area contributed by atoms with Crippen molar-refractivity contribution in [1.82, 2.24) is 10.2 Å². The fraction of sp³-hybridized carbons (Fsp3) is 0.500. The van der Waals surface area contributed by atoms with Crippen LogP contribution in [-0.4, -0.2) is 43.5 Å². The third kappa shape index (κ3) is 4.29. The number of benzene rings is 1. The van der Waals surface area contributed by atoms with E-state index in [1.165, 1.54) is 13.5 Å². The Morgan fingerprint density at radius 3 is 2.48 bits per heavy atom. The van der Waals surface area contributed by atoms with Crippen LogP contribution in [0, 0.1) is 0 Å². The summed E-state index contributed by atoms with van der Waals surface area (Å²) in [5, 5.41) is 3.02. The topological polar surface area (TPSA) is 58.6 Å². The van der Waals surface area contributed by atoms with Gasteiger partial charge < -0.3 is 9.64 Å². The normalized spacial score (nSPS) is 16.3. The largest absolute Gasteiger partial charge is 0.468 e. The van der Waals surface area contributed by atoms with Crippen LogP contribution < -0.4 is 5.32 Å². The van der Waals surface area contributed by atoms with Crippen molar-refractivity contribution in [2.24, 2.45) is 0 Å². The molecule has 1 aromatic carbocycles. The van der Waals surface area contributed by atoms with Crippen LogP contribution in [0.15, 0.2) is 30.3 Å². The maximum absolute atomic E-state index is 12.2. The standard InChI is InChI=1S/C16H22N2O3/c1-21-16(20)15(13-8-4-2-5-9-13)17-12-14(19)18-10-6-3-7-11-18/h2,4-5,8-9,15,17H,3,6-7,10-12H2,1H3. The minimum atomic E-state index is -0.607. The highest BCUT2D eigenvalue weighted by Crippen LogP contribution is 2.14. The zero-order valence-corrected chi connectivity index (χ0v) is 12.4. The summed E-state index contributed by atoms with van der Waals surface area (Å²) in [6.45, 7) is 1.78. The van der Waals surface area contributed by atoms with E-state index in [0.717, 1.165) is 31.5 Å². The summed E-state index contributed by atoms with van der Waals surface area (Å²) in [5.41, 5.74) is 0.802. The number of amides is 1. The first-order chi connectivity index (χ1) is 10.2. The molecule has 21 heavy (non-hydrogen) atoms. The van der Waals surface area contributed by atoms with Crippen molar-refractivity contribution in [2.75, 3.05) is 26.7 Å². The van der Waals surface area contributed by atoms with Crippen LogP contribution >= 0.6 is 0 Å². The number of ether oxygens (including phenoxy) is 1. The quantitative estimate of drug-likeness (QED) is 0.835. The summed E-state index contributed by atoms with van der Waals surface area (Å²) in [7, 11) is 1.35. The average molecular weight is 290 g/mol. The molecular weight excluding hydrogens is 268 g/mol. The van der Waals surface area contributed by atoms with Gasteiger partial charge in [-0.05, 0) is 24.8 Å². The van der Waals surface area contributed by atoms with Crippen LogP contribution in [0.5, 0.6) is 0 Å². The van der Waals surface area contributed by atoms with Gasteiger partial charge >= 0.3 is 5.97 Å². The van der Waals surface area contributed by atoms with Crippen molar-refractivity contribution in [3.63, 3.8) is 0 Å². The number of likely N-dealkylation sites (tertiary alicyclic amines) is 1. The van der Waals surface area contributed by atoms with Crippen molar-refractivity contribution in [3.8, 4) is 0 Å². The molecule has 1 saturated heterocycles. The molecule has 0 radical (unpaired) electrons. The van der Waals surface area contributed by atoms with Gasteiger partial charge in [0.25, 0.3) is 0 Å². The molecule has 114 valence electrons. The monoisotopic (exact) mass is 290 g/mol. The lowest BCUT2D eigenvalue weighted by Gasteiger charge is -2.27. The summed E-state index contributed by atoms with van der Waals surface area (Å²) in [4.78, 5) is 25.9. The molecule has 2 rings (SSSR count). The second kappa shape index (κ2) is 7.78. The van der Waals surface area contributed by atoms with Crippen molar-refractivity contribution in [3.05, 3.63) is 35.9 Å². The number of esters is 1. The fourth-order valence-corrected chi connectivity index (χ4v) is 2.55. The second-order valence-electron chi connectivity index (χ2n) is 5.19. The lowest BCUT2D eigenvalue weighted by atomic mass is 10.1. The van der Waals surface area contributed by atoms with Crippen LogP contribution in [-0.2, 0) is 14.3 Å². The van der Waals surface area contributed by atoms with Gasteiger partial charge in [-0.2, -0.15) is 0 Å². The third-order valence-electron chi connectivity index (χ3n) is 3.74. The number of carbonyl (C=O) groups is 2. The smallest absolute Gasteiger partial charge is 0.327 e. The first-order valence-electron chi connectivity index (χ1n) is 7.36. The van der Waals surface area contributed by atoms with E-state index in [-0.39, 0.29) is 18.4 Å². The summed E-state index contributed by atoms with van der Waals surface area (Å²) < 4.78 is 4.82. The number of nitrogens with one attached hydrogen (secondary N) is 1. The molecule has 0 bridgehead atoms. The van der Waals surface area contributed by atoms with Gasteiger partial charge in [-0.15, -0.1) is 0 Å². The Hall–Kier alpha value is -1.88. The van der Waals surface area contributed by atoms with E-state index in [1.807, 2.05) is 35.2 Å². The molecule has 5 heteroatoms. The highest BCUT2D eigenvalue weighted by Gasteiger charge is 2.23. The number of hydrogen-bond donors (Lipinski definition) is 1. The maximum Gasteiger partial charge on any atom is 0.327 e. The SMILES string of the molecule is COC(=O)C(NCC(=O)N1CCCCC1)c1ccccc1. The first kappa shape index (κ1) is 15.5. The Labute approximate surface area is 125 Å². The molecule has 0 spiro atoms. The number of hydrogen-bond acceptors (Lipinski definition) is 4. The maximum atomic E-state index is 12.2. The highest BCUT2D eigenvalue weighted by atomic mass is 16.5. The molecule has 1 aromatic rings. The number of piperidine rings is 1. The van der Waals surface area contributed by atoms with Gasteiger partial charge in [-0.3, -0.25) is 10.1 Å². The Balaban J connectivity index is 1.96. The molecule has 1 atom stereocenters. The Bertz CT molecular complexity index is 470. The van der Waals surface area contributed by atoms with Crippen LogP contribution in [0.3, 0.4) is 0 Å². The number of nitrogens with zero attached hydrogens (tertiary/aromatic N) is 1. The van der Waals surface area contributed by atoms with Crippen molar-refractivity contribution < 1.29 is 14.3 Å². The van der Waals surface area contributed by atoms with Crippen molar-refractivity contribution in [1.29, 1.82) is 0 Å². The average Bonchev–Trinajstić information content (AvgIpc) is 2.56. The summed E-state index contributed by atoms with van der Waals surface area (Å²) >= 11 is 0. The zero-order valence-electron chi connectivity index (χ0n) is 12.4. The van der Waals surface area contributed by atoms with E-state index in [4.69, 9.17) is 4.74 Å². The van der Waals surface area contributed by atoms with E-state index in [0.29, 0.717) is 0 Å². The second-order valence-corrected chi connectivity index (χ2v) is 5.19. The predicted octanol–water partition coefficient (Wildman–Crippen LogP) is 1.50. The molecule has 0 aromatic heterocycles. The molecule has 1 fully saturated rings. The van der Waals surface area contributed by atoms with Crippen LogP contribution in [0.4, 0.5) is 0 Å². The number of methoxy groups -OCH3 is 1. The minimum absolute atomic E-state index is 0.0412. The molecule has 1 unspecified atom stereocenters. The zero-order chi connectivity index (χ0) is 15.1. The highest BCUT2D eigenvalue weighted by molar-refractivity contribution is 5.81. The minimum Gasteiger partial charge on any atom is -0.468 e. The Morgan fingerprint density at radius 1 is 1.19 bits per heavy atom. The lowest BCUT2D eigenvalue weighted by Crippen LogP contribution is -2.43. The molecule has 1 amide bonds. The van der Waals surface area contributed by atoms with Gasteiger partial charge in [-0.1, -0.05) is 30.3 Å². The molecule has 0 saturated carbocycles. The molecule has 1 aliphatic heterocycles. The van der Waals surface area contributed by atoms with Gasteiger partial charge in [0.1, 0.15) is 6.04 Å². The molecule has 0 aliphatic carbocycles. The summed E-state index contributed by atoms with van der Waals surface area (Å²) in [6.07, 6.45) is 3.31. The van der Waals surface area contributed by atoms with Gasteiger partial charge in [0.05, 0.1) is 13.7 Å². The van der Waals surface area contributed by atoms with E-state index < -0.39 is 6.04 Å². The lowest BCUT2D eigenvalue weighted by molar-refractivity contribution is -0.143. The Kier molecular flexibility index (Phi) is 5.75. The van der Waals surface area contributed by atoms with Crippen LogP contribution in [0.2, 0.25) is 0 Å². The van der Waals surface area contributed by atoms with Crippen molar-refractivity contribution >= 4 is 11.9 Å². The Morgan fingerprint density at radius 2 is 1.86 bits per heavy atom. The predicted molar refractivity (Wildman–Crippen MR) is 79.6 cm³/mol. The molecule has 1 N–H and O–H groups in total. The van der Waals surface area contributed by atoms with Gasteiger partial charge in [0.2, 0.25) is 5.91 Å². The fourth-order valence-electron chi connectivity index (χ4n) is 2.55. The van der Waals surface area contributed by atoms with Gasteiger partial charge in [0.15, 0.2) is 0 Å². The summed E-state index contributed by atoms with van der Waals surface area (Å²) in [6, 6.07) is 8.69. The number of carbonyl (C=O) groups excluding carboxylic acids is 2. The van der Waals surface area contributed by atoms with Gasteiger partial charge in [-0.25, -0.2) is 4.79 Å². The van der Waals surface area contributed by atoms with E-state index in [9.17, 15) is 9.59 Å². The van der Waals surface area contributed by atoms with Crippen LogP contribution in [0.25, 0.3) is 0 Å². The molecule has 5 nitrogen and oxygen atoms in total. The van der Waals surface area contributed by atoms with E-state index in [2.05, 4.69) is 5.32 Å². The molecule has 1 heterocycles. The molecule has 1 aliphatic rings. The number of rotatable bonds is 5. The first-order valence-corrected chi connectivity index (χ1v) is 7.36. The molecular formula is C16H22N2O3. The van der Waals surface area contributed by atoms with Crippen molar-refractivity contribution in [2.45, 2.75) is 25.3 Å².